The molecule has 0 atom stereocenters. The van der Waals surface area contributed by atoms with E-state index in [4.69, 9.17) is 55.4 Å². The first kappa shape index (κ1) is 135. The van der Waals surface area contributed by atoms with Crippen LogP contribution in [-0.2, 0) is 58.3 Å². The van der Waals surface area contributed by atoms with E-state index in [0.717, 1.165) is 57.6 Å². The van der Waals surface area contributed by atoms with Crippen molar-refractivity contribution in [3.8, 4) is 0 Å². The number of aliphatic hydroxyl groups excluding tert-OH is 1. The van der Waals surface area contributed by atoms with Crippen molar-refractivity contribution in [3.05, 3.63) is 56.0 Å². The van der Waals surface area contributed by atoms with Gasteiger partial charge in [-0.1, -0.05) is 198 Å². The second-order valence-electron chi connectivity index (χ2n) is 43.7. The zero-order valence-corrected chi connectivity index (χ0v) is 99.9. The van der Waals surface area contributed by atoms with Gasteiger partial charge in [-0.2, -0.15) is 17.5 Å². The Morgan fingerprint density at radius 2 is 0.690 bits per heavy atom. The van der Waals surface area contributed by atoms with Crippen LogP contribution in [0, 0.1) is 6.92 Å². The predicted molar refractivity (Wildman–Crippen MR) is 556 cm³/mol. The molecule has 1 aliphatic heterocycles. The third-order valence-corrected chi connectivity index (χ3v) is 75.0. The van der Waals surface area contributed by atoms with Crippen LogP contribution in [-0.4, -0.2) is 194 Å². The maximum Gasteiger partial charge on any atom is 1.00 e. The normalized spacial score (nSPS) is 14.1. The second-order valence-corrected chi connectivity index (χ2v) is 112. The SMILES string of the molecule is C.C.C=C(C)C(=O)OCCC[Si](C)(C)O[Si](C)(C)CC[Si](C)(C)CCCO.C=C(C)C(=O)OCCC[Si](C)(C)O[Si](C)(C)CC[Si](C)(C)CCCO[Si](C)(C)C(C)(C)C.C=CCOC(=O)C(=C)C.C[SiH](C)Cl.C[SiH](C)O[Si](C)(C)CC[Si](C)(C)CCCO[Si](C)(C)C(C)(C)C.C[Si]1(C)CC[Si](C)(C)O1.[CH2-]CCO[Si](C)(C)C(C)(C)C.[Li+]. The first-order chi connectivity index (χ1) is 50.2. The number of rotatable bonds is 44. The van der Waals surface area contributed by atoms with Crippen molar-refractivity contribution in [2.75, 3.05) is 46.2 Å². The molecule has 1 aliphatic rings. The van der Waals surface area contributed by atoms with Gasteiger partial charge in [0.25, 0.3) is 0 Å². The summed E-state index contributed by atoms with van der Waals surface area (Å²) in [7, 11) is -20.3. The van der Waals surface area contributed by atoms with E-state index in [1.54, 1.807) is 20.8 Å². The quantitative estimate of drug-likeness (QED) is 0.00896. The molecule has 31 heteroatoms. The molecule has 0 radical (unpaired) electrons. The second kappa shape index (κ2) is 61.6. The minimum absolute atomic E-state index is 0. The van der Waals surface area contributed by atoms with E-state index in [-0.39, 0.29) is 63.3 Å². The molecule has 116 heavy (non-hydrogen) atoms. The number of carbonyl (C=O) groups excluding carboxylic acids is 3. The summed E-state index contributed by atoms with van der Waals surface area (Å²) in [6.45, 7) is 118. The zero-order chi connectivity index (χ0) is 90.8. The third-order valence-electron chi connectivity index (χ3n) is 21.4. The van der Waals surface area contributed by atoms with Crippen LogP contribution >= 0.6 is 11.1 Å². The molecular weight excluding hydrogens is 1710 g/mol. The first-order valence-electron chi connectivity index (χ1n) is 43.1. The van der Waals surface area contributed by atoms with Crippen molar-refractivity contribution < 1.29 is 82.3 Å². The fraction of sp³-hybridized carbons (Fsp3) is 0.859. The van der Waals surface area contributed by atoms with E-state index in [1.807, 2.05) is 0 Å². The Labute approximate surface area is 758 Å². The van der Waals surface area contributed by atoms with Gasteiger partial charge in [0.15, 0.2) is 92.2 Å². The molecule has 1 saturated heterocycles. The van der Waals surface area contributed by atoms with Crippen molar-refractivity contribution in [2.24, 2.45) is 0 Å². The molecule has 0 saturated carbocycles. The smallest absolute Gasteiger partial charge is 0.462 e. The molecule has 14 nitrogen and oxygen atoms in total. The van der Waals surface area contributed by atoms with E-state index < -0.39 is 125 Å². The Hall–Kier alpha value is 1.19. The van der Waals surface area contributed by atoms with Crippen molar-refractivity contribution >= 4 is 154 Å². The van der Waals surface area contributed by atoms with Gasteiger partial charge in [0.05, 0.1) is 13.2 Å². The molecule has 1 fully saturated rings. The number of ether oxygens (including phenoxy) is 3. The number of carbonyl (C=O) groups is 3. The molecule has 0 aliphatic carbocycles. The van der Waals surface area contributed by atoms with Crippen LogP contribution < -0.4 is 18.9 Å². The van der Waals surface area contributed by atoms with Gasteiger partial charge in [0.1, 0.15) is 14.7 Å². The van der Waals surface area contributed by atoms with Crippen molar-refractivity contribution in [1.82, 2.24) is 0 Å². The molecular formula is C85H200ClLiO14Si15. The van der Waals surface area contributed by atoms with Gasteiger partial charge in [-0.05, 0) is 254 Å². The Morgan fingerprint density at radius 1 is 0.440 bits per heavy atom. The third kappa shape index (κ3) is 77.5. The first-order valence-corrected chi connectivity index (χ1v) is 90.7. The van der Waals surface area contributed by atoms with Gasteiger partial charge in [-0.25, -0.2) is 14.4 Å². The molecule has 0 spiro atoms. The van der Waals surface area contributed by atoms with Crippen molar-refractivity contribution in [1.29, 1.82) is 0 Å². The van der Waals surface area contributed by atoms with Gasteiger partial charge in [0.2, 0.25) is 0 Å². The zero-order valence-electron chi connectivity index (χ0n) is 83.8. The van der Waals surface area contributed by atoms with Crippen LogP contribution in [0.15, 0.2) is 49.1 Å². The fourth-order valence-electron chi connectivity index (χ4n) is 11.3. The van der Waals surface area contributed by atoms with Crippen LogP contribution in [0.2, 0.25) is 290 Å². The van der Waals surface area contributed by atoms with Gasteiger partial charge in [-0.3, -0.25) is 0 Å². The van der Waals surface area contributed by atoms with Crippen LogP contribution in [0.1, 0.15) is 136 Å². The molecule has 0 bridgehead atoms. The maximum absolute atomic E-state index is 11.5. The van der Waals surface area contributed by atoms with Gasteiger partial charge < -0.3 is 56.0 Å². The number of hydrogen-bond donors (Lipinski definition) is 1. The van der Waals surface area contributed by atoms with Crippen LogP contribution in [0.25, 0.3) is 0 Å². The van der Waals surface area contributed by atoms with Gasteiger partial charge in [-0.15, -0.1) is 0 Å². The molecule has 692 valence electrons. The molecule has 0 unspecified atom stereocenters. The average Bonchev–Trinajstić information content (AvgIpc) is 1.60. The molecule has 0 amide bonds. The summed E-state index contributed by atoms with van der Waals surface area (Å²) in [6, 6.07) is 16.6. The van der Waals surface area contributed by atoms with Gasteiger partial charge >= 0.3 is 36.8 Å². The van der Waals surface area contributed by atoms with E-state index in [2.05, 4.69) is 297 Å². The molecule has 0 aromatic heterocycles. The molecule has 1 rings (SSSR count). The number of aliphatic hydroxyl groups is 1. The summed E-state index contributed by atoms with van der Waals surface area (Å²) in [5, 5.41) is 10.0. The summed E-state index contributed by atoms with van der Waals surface area (Å²) in [5.74, 6) is -0.956. The minimum atomic E-state index is -1.76. The monoisotopic (exact) mass is 1910 g/mol. The fourth-order valence-corrected chi connectivity index (χ4v) is 66.7. The standard InChI is InChI=1S/C24H54O4Si4.C18H40O4Si3.C17H44O2Si4.C9H21OSi.C7H10O2.C6H16OSi2.C2H7ClSi.2CH4.Li/c1-22(2)23(25)26-16-14-19-30(8,9)28-31(10,11)21-20-29(6,7)18-15-17-27-32(12,13)24(3,4)5;1-17(2)18(20)21-12-10-14-24(5,6)22-25(7,8)16-15-23(3,4)13-9-11-19;1-17(2,3)23(10,11)18-13-12-14-21(6,7)15-16-22(8,9)19-20(4)5;1-7-8-10-11(5,6)9(2,3)4;1-4-5-9-7(8)6(2)3;1-8(2)5-6-9(3,4)7-8;1-4(2)3;;;/h1,14-21H2,2-13H3;19H,1,9-16H2,2-8H3;20H,12-16H2,1-11H3;1,7-8H2,2-6H3;4H,1-2,5H2,3H3;5-6H2,1-4H3;4H,1-2H3;2*1H4;/q;;;-1;;;;;;+1. The summed E-state index contributed by atoms with van der Waals surface area (Å²) in [5.41, 5.74) is 1.33. The van der Waals surface area contributed by atoms with E-state index in [9.17, 15) is 14.4 Å². The summed E-state index contributed by atoms with van der Waals surface area (Å²) >= 11 is 5.41. The molecule has 1 N–H and O–H groups in total. The Kier molecular flexibility index (Phi) is 71.8. The van der Waals surface area contributed by atoms with Crippen molar-refractivity contribution in [2.45, 2.75) is 427 Å². The largest absolute Gasteiger partial charge is 1.00 e. The maximum atomic E-state index is 11.5. The number of halogens is 1. The summed E-state index contributed by atoms with van der Waals surface area (Å²) in [6.07, 6.45) is 7.50. The predicted octanol–water partition coefficient (Wildman–Crippen LogP) is 25.8. The topological polar surface area (TPSA) is 164 Å². The van der Waals surface area contributed by atoms with Crippen LogP contribution in [0.5, 0.6) is 0 Å². The van der Waals surface area contributed by atoms with Crippen LogP contribution in [0.4, 0.5) is 0 Å². The van der Waals surface area contributed by atoms with Crippen molar-refractivity contribution in [3.63, 3.8) is 0 Å². The van der Waals surface area contributed by atoms with Crippen LogP contribution in [0.3, 0.4) is 0 Å². The van der Waals surface area contributed by atoms with E-state index in [1.165, 1.54) is 85.4 Å². The van der Waals surface area contributed by atoms with E-state index >= 15 is 0 Å². The Bertz CT molecular complexity index is 2660. The Morgan fingerprint density at radius 3 is 0.922 bits per heavy atom. The van der Waals surface area contributed by atoms with E-state index in [0.29, 0.717) is 46.6 Å². The van der Waals surface area contributed by atoms with Gasteiger partial charge in [0, 0.05) is 67.4 Å². The average molecular weight is 1910 g/mol. The number of esters is 3. The minimum Gasteiger partial charge on any atom is -0.462 e. The molecule has 0 aromatic rings. The summed E-state index contributed by atoms with van der Waals surface area (Å²) in [4.78, 5) is 33.5. The molecule has 1 heterocycles. The molecule has 0 aromatic carbocycles. The number of hydrogen-bond acceptors (Lipinski definition) is 14. The Balaban J connectivity index is -0.000000176. The summed E-state index contributed by atoms with van der Waals surface area (Å²) < 4.78 is 59.4.